The molecule has 0 bridgehead atoms. The van der Waals surface area contributed by atoms with E-state index in [0.717, 1.165) is 0 Å². The van der Waals surface area contributed by atoms with E-state index in [1.165, 1.54) is 44.3 Å². The molecule has 78 valence electrons. The number of hydrogen-bond donors (Lipinski definition) is 0. The van der Waals surface area contributed by atoms with Crippen LogP contribution >= 0.6 is 0 Å². The van der Waals surface area contributed by atoms with Crippen molar-refractivity contribution in [2.45, 2.75) is 53.4 Å². The highest BCUT2D eigenvalue weighted by Gasteiger charge is 1.97. The molecule has 1 nitrogen and oxygen atoms in total. The zero-order chi connectivity index (χ0) is 10.1. The Balaban J connectivity index is 3.80. The van der Waals surface area contributed by atoms with Crippen LogP contribution in [0.3, 0.4) is 0 Å². The summed E-state index contributed by atoms with van der Waals surface area (Å²) in [5.74, 6) is 0. The smallest absolute Gasteiger partial charge is 0.0172 e. The zero-order valence-corrected chi connectivity index (χ0v) is 9.77. The van der Waals surface area contributed by atoms with Crippen molar-refractivity contribution in [3.63, 3.8) is 0 Å². The highest BCUT2D eigenvalue weighted by atomic mass is 15.1. The molecular weight excluding hydrogens is 158 g/mol. The molecule has 0 aromatic carbocycles. The van der Waals surface area contributed by atoms with Crippen molar-refractivity contribution in [3.8, 4) is 0 Å². The maximum atomic E-state index is 2.46. The molecule has 0 N–H and O–H groups in total. The first-order chi connectivity index (χ1) is 6.20. The van der Waals surface area contributed by atoms with Crippen molar-refractivity contribution in [2.24, 2.45) is 0 Å². The van der Waals surface area contributed by atoms with E-state index in [9.17, 15) is 0 Å². The third-order valence-electron chi connectivity index (χ3n) is 2.04. The van der Waals surface area contributed by atoms with Gasteiger partial charge in [0, 0.05) is 13.1 Å². The number of nitrogens with zero attached hydrogens (tertiary/aromatic N) is 1. The summed E-state index contributed by atoms with van der Waals surface area (Å²) in [4.78, 5) is 2.46. The van der Waals surface area contributed by atoms with Gasteiger partial charge in [0.2, 0.25) is 0 Å². The first-order valence-corrected chi connectivity index (χ1v) is 5.59. The van der Waals surface area contributed by atoms with Crippen LogP contribution in [0.1, 0.15) is 53.4 Å². The first kappa shape index (κ1) is 12.5. The van der Waals surface area contributed by atoms with Crippen LogP contribution in [0.4, 0.5) is 0 Å². The minimum absolute atomic E-state index is 1.22. The maximum Gasteiger partial charge on any atom is 0.0172 e. The summed E-state index contributed by atoms with van der Waals surface area (Å²) in [6, 6.07) is 0. The van der Waals surface area contributed by atoms with Crippen molar-refractivity contribution >= 4 is 0 Å². The topological polar surface area (TPSA) is 3.24 Å². The second-order valence-electron chi connectivity index (χ2n) is 3.95. The van der Waals surface area contributed by atoms with Gasteiger partial charge in [-0.1, -0.05) is 32.3 Å². The molecule has 0 unspecified atom stereocenters. The molecule has 0 atom stereocenters. The summed E-state index contributed by atoms with van der Waals surface area (Å²) in [6.45, 7) is 11.3. The minimum atomic E-state index is 1.22. The maximum absolute atomic E-state index is 2.46. The van der Waals surface area contributed by atoms with E-state index < -0.39 is 0 Å². The molecule has 0 aliphatic rings. The van der Waals surface area contributed by atoms with Gasteiger partial charge in [-0.15, -0.1) is 0 Å². The Bertz CT molecular complexity index is 126. The average Bonchev–Trinajstić information content (AvgIpc) is 2.09. The molecule has 0 rings (SSSR count). The van der Waals surface area contributed by atoms with Crippen molar-refractivity contribution in [2.75, 3.05) is 13.1 Å². The standard InChI is InChI=1S/C12H25N/c1-5-7-9-13(10-8-6-2)11-12(3)4/h11H,5-10H2,1-4H3. The third-order valence-corrected chi connectivity index (χ3v) is 2.04. The van der Waals surface area contributed by atoms with Gasteiger partial charge < -0.3 is 4.90 Å². The molecule has 0 radical (unpaired) electrons. The van der Waals surface area contributed by atoms with E-state index in [-0.39, 0.29) is 0 Å². The van der Waals surface area contributed by atoms with Crippen LogP contribution in [0.5, 0.6) is 0 Å². The SMILES string of the molecule is CCCCN(C=C(C)C)CCCC. The molecular formula is C12H25N. The lowest BCUT2D eigenvalue weighted by atomic mass is 10.2. The summed E-state index contributed by atoms with van der Waals surface area (Å²) < 4.78 is 0. The van der Waals surface area contributed by atoms with Gasteiger partial charge >= 0.3 is 0 Å². The van der Waals surface area contributed by atoms with E-state index in [4.69, 9.17) is 0 Å². The molecule has 0 saturated heterocycles. The Labute approximate surface area is 83.8 Å². The molecule has 13 heavy (non-hydrogen) atoms. The van der Waals surface area contributed by atoms with Gasteiger partial charge in [0.05, 0.1) is 0 Å². The second-order valence-corrected chi connectivity index (χ2v) is 3.95. The van der Waals surface area contributed by atoms with E-state index in [0.29, 0.717) is 0 Å². The van der Waals surface area contributed by atoms with Crippen LogP contribution in [-0.4, -0.2) is 18.0 Å². The fourth-order valence-electron chi connectivity index (χ4n) is 1.33. The number of hydrogen-bond acceptors (Lipinski definition) is 1. The van der Waals surface area contributed by atoms with Crippen LogP contribution in [0.2, 0.25) is 0 Å². The van der Waals surface area contributed by atoms with Gasteiger partial charge in [-0.2, -0.15) is 0 Å². The average molecular weight is 183 g/mol. The lowest BCUT2D eigenvalue weighted by Gasteiger charge is -2.20. The van der Waals surface area contributed by atoms with Crippen molar-refractivity contribution in [3.05, 3.63) is 11.8 Å². The van der Waals surface area contributed by atoms with E-state index >= 15 is 0 Å². The second kappa shape index (κ2) is 8.15. The molecule has 0 fully saturated rings. The predicted octanol–water partition coefficient (Wildman–Crippen LogP) is 3.81. The molecule has 0 saturated carbocycles. The molecule has 0 aliphatic carbocycles. The van der Waals surface area contributed by atoms with E-state index in [1.54, 1.807) is 0 Å². The van der Waals surface area contributed by atoms with Gasteiger partial charge in [-0.3, -0.25) is 0 Å². The van der Waals surface area contributed by atoms with Gasteiger partial charge in [-0.05, 0) is 32.9 Å². The van der Waals surface area contributed by atoms with Crippen molar-refractivity contribution < 1.29 is 0 Å². The third kappa shape index (κ3) is 7.89. The van der Waals surface area contributed by atoms with E-state index in [1.807, 2.05) is 0 Å². The lowest BCUT2D eigenvalue weighted by Crippen LogP contribution is -2.20. The summed E-state index contributed by atoms with van der Waals surface area (Å²) in [7, 11) is 0. The molecule has 1 heteroatoms. The molecule has 0 aliphatic heterocycles. The quantitative estimate of drug-likeness (QED) is 0.580. The first-order valence-electron chi connectivity index (χ1n) is 5.59. The summed E-state index contributed by atoms with van der Waals surface area (Å²) in [5.41, 5.74) is 1.41. The van der Waals surface area contributed by atoms with Gasteiger partial charge in [0.1, 0.15) is 0 Å². The minimum Gasteiger partial charge on any atom is -0.377 e. The van der Waals surface area contributed by atoms with Crippen LogP contribution < -0.4 is 0 Å². The van der Waals surface area contributed by atoms with Crippen LogP contribution in [-0.2, 0) is 0 Å². The van der Waals surface area contributed by atoms with Gasteiger partial charge in [-0.25, -0.2) is 0 Å². The molecule has 0 aromatic rings. The Hall–Kier alpha value is -0.460. The molecule has 0 heterocycles. The summed E-state index contributed by atoms with van der Waals surface area (Å²) in [5, 5.41) is 0. The predicted molar refractivity (Wildman–Crippen MR) is 60.8 cm³/mol. The molecule has 0 aromatic heterocycles. The zero-order valence-electron chi connectivity index (χ0n) is 9.77. The van der Waals surface area contributed by atoms with Gasteiger partial charge in [0.25, 0.3) is 0 Å². The number of allylic oxidation sites excluding steroid dienone is 1. The Morgan fingerprint density at radius 2 is 1.46 bits per heavy atom. The monoisotopic (exact) mass is 183 g/mol. The van der Waals surface area contributed by atoms with Gasteiger partial charge in [0.15, 0.2) is 0 Å². The largest absolute Gasteiger partial charge is 0.377 e. The summed E-state index contributed by atoms with van der Waals surface area (Å²) in [6.07, 6.45) is 7.50. The lowest BCUT2D eigenvalue weighted by molar-refractivity contribution is 0.357. The van der Waals surface area contributed by atoms with Crippen LogP contribution in [0, 0.1) is 0 Å². The fourth-order valence-corrected chi connectivity index (χ4v) is 1.33. The fraction of sp³-hybridized carbons (Fsp3) is 0.833. The highest BCUT2D eigenvalue weighted by Crippen LogP contribution is 2.02. The highest BCUT2D eigenvalue weighted by molar-refractivity contribution is 4.92. The summed E-state index contributed by atoms with van der Waals surface area (Å²) >= 11 is 0. The Morgan fingerprint density at radius 3 is 1.77 bits per heavy atom. The Kier molecular flexibility index (Phi) is 7.86. The normalized spacial score (nSPS) is 9.85. The van der Waals surface area contributed by atoms with Crippen molar-refractivity contribution in [1.29, 1.82) is 0 Å². The van der Waals surface area contributed by atoms with Crippen LogP contribution in [0.25, 0.3) is 0 Å². The van der Waals surface area contributed by atoms with E-state index in [2.05, 4.69) is 38.8 Å². The number of rotatable bonds is 7. The van der Waals surface area contributed by atoms with Crippen molar-refractivity contribution in [1.82, 2.24) is 4.90 Å². The molecule has 0 spiro atoms. The number of unbranched alkanes of at least 4 members (excludes halogenated alkanes) is 2. The molecule has 0 amide bonds. The van der Waals surface area contributed by atoms with Crippen LogP contribution in [0.15, 0.2) is 11.8 Å². The Morgan fingerprint density at radius 1 is 1.00 bits per heavy atom.